The van der Waals surface area contributed by atoms with Crippen molar-refractivity contribution in [2.45, 2.75) is 17.7 Å². The minimum atomic E-state index is -0.304. The average Bonchev–Trinajstić information content (AvgIpc) is 2.42. The number of benzene rings is 2. The molecule has 3 rings (SSSR count). The first-order valence-electron chi connectivity index (χ1n) is 6.37. The molecule has 1 atom stereocenters. The Morgan fingerprint density at radius 3 is 2.79 bits per heavy atom. The first kappa shape index (κ1) is 13.0. The minimum absolute atomic E-state index is 0.229. The molecule has 98 valence electrons. The smallest absolute Gasteiger partial charge is 0.142 e. The molecule has 1 unspecified atom stereocenters. The summed E-state index contributed by atoms with van der Waals surface area (Å²) in [6.07, 6.45) is 1.99. The molecule has 2 aromatic carbocycles. The second kappa shape index (κ2) is 5.56. The van der Waals surface area contributed by atoms with Gasteiger partial charge in [-0.25, -0.2) is 4.39 Å². The average molecular weight is 293 g/mol. The van der Waals surface area contributed by atoms with E-state index in [1.807, 2.05) is 6.07 Å². The molecule has 1 aliphatic heterocycles. The van der Waals surface area contributed by atoms with Crippen LogP contribution in [0.15, 0.2) is 47.4 Å². The van der Waals surface area contributed by atoms with Crippen LogP contribution in [0.5, 0.6) is 0 Å². The molecule has 0 saturated heterocycles. The molecule has 0 N–H and O–H groups in total. The third kappa shape index (κ3) is 2.96. The molecule has 0 aromatic heterocycles. The molecule has 0 radical (unpaired) electrons. The number of halogens is 2. The summed E-state index contributed by atoms with van der Waals surface area (Å²) < 4.78 is 13.5. The SMILES string of the molecule is Fc1cc2c(cc1Cl)SCC(Cc1ccccc1)C2. The van der Waals surface area contributed by atoms with Gasteiger partial charge < -0.3 is 0 Å². The van der Waals surface area contributed by atoms with Crippen molar-refractivity contribution in [1.29, 1.82) is 0 Å². The van der Waals surface area contributed by atoms with Gasteiger partial charge in [-0.15, -0.1) is 11.8 Å². The van der Waals surface area contributed by atoms with Crippen LogP contribution < -0.4 is 0 Å². The van der Waals surface area contributed by atoms with Crippen LogP contribution in [-0.4, -0.2) is 5.75 Å². The maximum Gasteiger partial charge on any atom is 0.142 e. The maximum absolute atomic E-state index is 13.5. The highest BCUT2D eigenvalue weighted by atomic mass is 35.5. The van der Waals surface area contributed by atoms with Crippen molar-refractivity contribution in [1.82, 2.24) is 0 Å². The van der Waals surface area contributed by atoms with E-state index in [2.05, 4.69) is 24.3 Å². The Balaban J connectivity index is 1.77. The Kier molecular flexibility index (Phi) is 3.81. The molecular formula is C16H14ClFS. The standard InChI is InChI=1S/C16H14ClFS/c17-14-9-16-13(8-15(14)18)7-12(10-19-16)6-11-4-2-1-3-5-11/h1-5,8-9,12H,6-7,10H2. The zero-order chi connectivity index (χ0) is 13.2. The van der Waals surface area contributed by atoms with E-state index < -0.39 is 0 Å². The van der Waals surface area contributed by atoms with Crippen molar-refractivity contribution < 1.29 is 4.39 Å². The number of hydrogen-bond donors (Lipinski definition) is 0. The van der Waals surface area contributed by atoms with E-state index in [-0.39, 0.29) is 10.8 Å². The molecule has 0 aliphatic carbocycles. The number of hydrogen-bond acceptors (Lipinski definition) is 1. The first-order chi connectivity index (χ1) is 9.22. The fourth-order valence-electron chi connectivity index (χ4n) is 2.52. The van der Waals surface area contributed by atoms with Gasteiger partial charge in [-0.3, -0.25) is 0 Å². The third-order valence-corrected chi connectivity index (χ3v) is 5.07. The quantitative estimate of drug-likeness (QED) is 0.752. The predicted molar refractivity (Wildman–Crippen MR) is 79.5 cm³/mol. The summed E-state index contributed by atoms with van der Waals surface area (Å²) in [7, 11) is 0. The second-order valence-electron chi connectivity index (χ2n) is 4.94. The summed E-state index contributed by atoms with van der Waals surface area (Å²) in [5.74, 6) is 1.34. The molecule has 1 aliphatic rings. The van der Waals surface area contributed by atoms with E-state index in [9.17, 15) is 4.39 Å². The van der Waals surface area contributed by atoms with Gasteiger partial charge in [0.1, 0.15) is 5.82 Å². The van der Waals surface area contributed by atoms with Crippen LogP contribution in [0.25, 0.3) is 0 Å². The van der Waals surface area contributed by atoms with Crippen molar-refractivity contribution in [2.24, 2.45) is 5.92 Å². The lowest BCUT2D eigenvalue weighted by Gasteiger charge is -2.24. The van der Waals surface area contributed by atoms with Crippen molar-refractivity contribution in [3.8, 4) is 0 Å². The molecule has 0 fully saturated rings. The molecule has 0 saturated carbocycles. The lowest BCUT2D eigenvalue weighted by molar-refractivity contribution is 0.565. The third-order valence-electron chi connectivity index (χ3n) is 3.45. The van der Waals surface area contributed by atoms with Crippen molar-refractivity contribution in [3.63, 3.8) is 0 Å². The topological polar surface area (TPSA) is 0 Å². The van der Waals surface area contributed by atoms with E-state index >= 15 is 0 Å². The second-order valence-corrected chi connectivity index (χ2v) is 6.41. The molecule has 0 amide bonds. The molecule has 0 nitrogen and oxygen atoms in total. The highest BCUT2D eigenvalue weighted by molar-refractivity contribution is 7.99. The van der Waals surface area contributed by atoms with Crippen LogP contribution in [0.4, 0.5) is 4.39 Å². The van der Waals surface area contributed by atoms with E-state index in [1.165, 1.54) is 5.56 Å². The fraction of sp³-hybridized carbons (Fsp3) is 0.250. The maximum atomic E-state index is 13.5. The van der Waals surface area contributed by atoms with Crippen LogP contribution >= 0.6 is 23.4 Å². The Bertz CT molecular complexity index is 583. The van der Waals surface area contributed by atoms with Gasteiger partial charge in [-0.05, 0) is 42.0 Å². The monoisotopic (exact) mass is 292 g/mol. The minimum Gasteiger partial charge on any atom is -0.205 e. The fourth-order valence-corrected chi connectivity index (χ4v) is 3.93. The summed E-state index contributed by atoms with van der Waals surface area (Å²) in [5, 5.41) is 0.229. The molecular weight excluding hydrogens is 279 g/mol. The van der Waals surface area contributed by atoms with Gasteiger partial charge in [0.15, 0.2) is 0 Å². The predicted octanol–water partition coefficient (Wildman–Crippen LogP) is 4.99. The Labute approximate surface area is 122 Å². The highest BCUT2D eigenvalue weighted by Crippen LogP contribution is 2.36. The zero-order valence-electron chi connectivity index (χ0n) is 10.4. The van der Waals surface area contributed by atoms with Gasteiger partial charge in [-0.1, -0.05) is 41.9 Å². The summed E-state index contributed by atoms with van der Waals surface area (Å²) in [5.41, 5.74) is 2.45. The Morgan fingerprint density at radius 1 is 1.21 bits per heavy atom. The van der Waals surface area contributed by atoms with Crippen molar-refractivity contribution >= 4 is 23.4 Å². The molecule has 1 heterocycles. The van der Waals surface area contributed by atoms with Crippen molar-refractivity contribution in [3.05, 3.63) is 64.4 Å². The van der Waals surface area contributed by atoms with Gasteiger partial charge in [0.25, 0.3) is 0 Å². The van der Waals surface area contributed by atoms with Crippen LogP contribution in [0.2, 0.25) is 5.02 Å². The highest BCUT2D eigenvalue weighted by Gasteiger charge is 2.21. The number of thioether (sulfide) groups is 1. The van der Waals surface area contributed by atoms with E-state index in [1.54, 1.807) is 23.9 Å². The number of rotatable bonds is 2. The van der Waals surface area contributed by atoms with Crippen LogP contribution in [0.1, 0.15) is 11.1 Å². The van der Waals surface area contributed by atoms with Crippen molar-refractivity contribution in [2.75, 3.05) is 5.75 Å². The molecule has 2 aromatic rings. The van der Waals surface area contributed by atoms with Gasteiger partial charge in [0.2, 0.25) is 0 Å². The number of fused-ring (bicyclic) bond motifs is 1. The summed E-state index contributed by atoms with van der Waals surface area (Å²) in [6, 6.07) is 13.8. The van der Waals surface area contributed by atoms with Gasteiger partial charge >= 0.3 is 0 Å². The molecule has 0 spiro atoms. The Hall–Kier alpha value is -0.990. The Morgan fingerprint density at radius 2 is 2.00 bits per heavy atom. The first-order valence-corrected chi connectivity index (χ1v) is 7.73. The normalized spacial score (nSPS) is 18.1. The molecule has 3 heteroatoms. The van der Waals surface area contributed by atoms with Gasteiger partial charge in [0.05, 0.1) is 5.02 Å². The van der Waals surface area contributed by atoms with Crippen LogP contribution in [0, 0.1) is 11.7 Å². The van der Waals surface area contributed by atoms with Gasteiger partial charge in [-0.2, -0.15) is 0 Å². The van der Waals surface area contributed by atoms with Crippen LogP contribution in [0.3, 0.4) is 0 Å². The van der Waals surface area contributed by atoms with E-state index in [0.717, 1.165) is 29.1 Å². The van der Waals surface area contributed by atoms with Crippen LogP contribution in [-0.2, 0) is 12.8 Å². The summed E-state index contributed by atoms with van der Waals surface area (Å²) in [4.78, 5) is 1.13. The lowest BCUT2D eigenvalue weighted by atomic mass is 9.93. The largest absolute Gasteiger partial charge is 0.205 e. The van der Waals surface area contributed by atoms with Gasteiger partial charge in [0, 0.05) is 10.6 Å². The molecule has 0 bridgehead atoms. The van der Waals surface area contributed by atoms with E-state index in [0.29, 0.717) is 5.92 Å². The van der Waals surface area contributed by atoms with E-state index in [4.69, 9.17) is 11.6 Å². The zero-order valence-corrected chi connectivity index (χ0v) is 12.0. The summed E-state index contributed by atoms with van der Waals surface area (Å²) in [6.45, 7) is 0. The lowest BCUT2D eigenvalue weighted by Crippen LogP contribution is -2.16. The summed E-state index contributed by atoms with van der Waals surface area (Å²) >= 11 is 7.61. The molecule has 19 heavy (non-hydrogen) atoms.